The van der Waals surface area contributed by atoms with E-state index in [0.29, 0.717) is 21.8 Å². The monoisotopic (exact) mass is 390 g/mol. The molecule has 0 saturated heterocycles. The molecule has 0 radical (unpaired) electrons. The molecule has 0 aliphatic heterocycles. The third-order valence-electron chi connectivity index (χ3n) is 3.91. The van der Waals surface area contributed by atoms with Gasteiger partial charge in [-0.15, -0.1) is 0 Å². The van der Waals surface area contributed by atoms with Gasteiger partial charge in [-0.2, -0.15) is 0 Å². The number of hydrogen-bond acceptors (Lipinski definition) is 6. The first kappa shape index (κ1) is 20.6. The Morgan fingerprint density at radius 3 is 2.33 bits per heavy atom. The maximum absolute atomic E-state index is 12.2. The molecule has 7 nitrogen and oxygen atoms in total. The number of carbonyl (C=O) groups is 1. The topological polar surface area (TPSA) is 113 Å². The molecule has 2 rings (SSSR count). The molecule has 2 atom stereocenters. The second-order valence-electron chi connectivity index (χ2n) is 5.93. The number of aliphatic hydroxyl groups excluding tert-OH is 2. The highest BCUT2D eigenvalue weighted by Gasteiger charge is 2.21. The number of hydrogen-bond donors (Lipinski definition) is 3. The standard InChI is InChI=1S/C19H19ClN2O5/c1-12(10-18(24)13-2-6-15(20)7-3-13)21-17(11-23)19(25)14-4-8-16(9-5-14)22(26)27/h2-10,17,19,21,23,25H,11H2,1H3. The van der Waals surface area contributed by atoms with Crippen LogP contribution in [0.15, 0.2) is 60.3 Å². The first-order valence-electron chi connectivity index (χ1n) is 8.10. The molecule has 0 fully saturated rings. The molecule has 0 aliphatic carbocycles. The van der Waals surface area contributed by atoms with Gasteiger partial charge in [0, 0.05) is 34.5 Å². The Bertz CT molecular complexity index is 834. The van der Waals surface area contributed by atoms with Crippen molar-refractivity contribution in [3.05, 3.63) is 86.6 Å². The van der Waals surface area contributed by atoms with E-state index in [4.69, 9.17) is 11.6 Å². The Morgan fingerprint density at radius 1 is 1.22 bits per heavy atom. The molecule has 0 saturated carbocycles. The van der Waals surface area contributed by atoms with E-state index >= 15 is 0 Å². The fraction of sp³-hybridized carbons (Fsp3) is 0.211. The van der Waals surface area contributed by atoms with Crippen LogP contribution in [0.5, 0.6) is 0 Å². The molecule has 2 aromatic rings. The zero-order chi connectivity index (χ0) is 20.0. The van der Waals surface area contributed by atoms with Gasteiger partial charge in [-0.3, -0.25) is 14.9 Å². The van der Waals surface area contributed by atoms with Gasteiger partial charge in [0.1, 0.15) is 6.10 Å². The Kier molecular flexibility index (Phi) is 7.06. The normalized spacial score (nSPS) is 13.7. The SMILES string of the molecule is CC(=CC(=O)c1ccc(Cl)cc1)NC(CO)C(O)c1ccc([N+](=O)[O-])cc1. The number of carbonyl (C=O) groups excluding carboxylic acids is 1. The second-order valence-corrected chi connectivity index (χ2v) is 6.36. The number of rotatable bonds is 8. The van der Waals surface area contributed by atoms with Gasteiger partial charge in [0.25, 0.3) is 5.69 Å². The van der Waals surface area contributed by atoms with Crippen LogP contribution in [-0.2, 0) is 0 Å². The number of ketones is 1. The van der Waals surface area contributed by atoms with Crippen molar-refractivity contribution in [3.63, 3.8) is 0 Å². The smallest absolute Gasteiger partial charge is 0.269 e. The molecule has 0 spiro atoms. The average Bonchev–Trinajstić information content (AvgIpc) is 2.66. The second kappa shape index (κ2) is 9.27. The maximum atomic E-state index is 12.2. The summed E-state index contributed by atoms with van der Waals surface area (Å²) in [6.45, 7) is 1.23. The van der Waals surface area contributed by atoms with Crippen molar-refractivity contribution in [1.82, 2.24) is 5.32 Å². The number of aliphatic hydroxyl groups is 2. The highest BCUT2D eigenvalue weighted by Crippen LogP contribution is 2.21. The summed E-state index contributed by atoms with van der Waals surface area (Å²) in [5.74, 6) is -0.252. The first-order chi connectivity index (χ1) is 12.8. The van der Waals surface area contributed by atoms with Crippen molar-refractivity contribution in [1.29, 1.82) is 0 Å². The molecule has 2 aromatic carbocycles. The lowest BCUT2D eigenvalue weighted by atomic mass is 10.0. The van der Waals surface area contributed by atoms with Crippen LogP contribution in [0.4, 0.5) is 5.69 Å². The van der Waals surface area contributed by atoms with Crippen molar-refractivity contribution < 1.29 is 19.9 Å². The molecule has 8 heteroatoms. The largest absolute Gasteiger partial charge is 0.394 e. The van der Waals surface area contributed by atoms with Crippen LogP contribution < -0.4 is 5.32 Å². The summed E-state index contributed by atoms with van der Waals surface area (Å²) < 4.78 is 0. The van der Waals surface area contributed by atoms with E-state index < -0.39 is 23.7 Å². The van der Waals surface area contributed by atoms with Crippen LogP contribution in [0.3, 0.4) is 0 Å². The van der Waals surface area contributed by atoms with Crippen molar-refractivity contribution in [3.8, 4) is 0 Å². The third kappa shape index (κ3) is 5.62. The fourth-order valence-electron chi connectivity index (χ4n) is 2.48. The van der Waals surface area contributed by atoms with E-state index in [1.807, 2.05) is 0 Å². The van der Waals surface area contributed by atoms with Gasteiger partial charge in [-0.25, -0.2) is 0 Å². The van der Waals surface area contributed by atoms with E-state index in [2.05, 4.69) is 5.32 Å². The summed E-state index contributed by atoms with van der Waals surface area (Å²) in [6, 6.07) is 11.0. The Morgan fingerprint density at radius 2 is 1.81 bits per heavy atom. The van der Waals surface area contributed by atoms with Gasteiger partial charge in [-0.1, -0.05) is 11.6 Å². The molecule has 0 aromatic heterocycles. The Balaban J connectivity index is 2.08. The summed E-state index contributed by atoms with van der Waals surface area (Å²) in [5.41, 5.74) is 1.22. The average molecular weight is 391 g/mol. The van der Waals surface area contributed by atoms with Crippen LogP contribution >= 0.6 is 11.6 Å². The number of nitrogens with one attached hydrogen (secondary N) is 1. The fourth-order valence-corrected chi connectivity index (χ4v) is 2.60. The molecule has 0 amide bonds. The number of nitro groups is 1. The van der Waals surface area contributed by atoms with E-state index in [1.165, 1.54) is 30.3 Å². The molecule has 0 aliphatic rings. The molecule has 2 unspecified atom stereocenters. The quantitative estimate of drug-likeness (QED) is 0.276. The summed E-state index contributed by atoms with van der Waals surface area (Å²) in [4.78, 5) is 22.4. The highest BCUT2D eigenvalue weighted by atomic mass is 35.5. The summed E-state index contributed by atoms with van der Waals surface area (Å²) in [7, 11) is 0. The lowest BCUT2D eigenvalue weighted by Gasteiger charge is -2.24. The van der Waals surface area contributed by atoms with Gasteiger partial charge in [0.05, 0.1) is 17.6 Å². The number of nitrogens with zero attached hydrogens (tertiary/aromatic N) is 1. The lowest BCUT2D eigenvalue weighted by molar-refractivity contribution is -0.384. The zero-order valence-electron chi connectivity index (χ0n) is 14.5. The summed E-state index contributed by atoms with van der Waals surface area (Å²) in [5, 5.41) is 34.1. The van der Waals surface area contributed by atoms with E-state index in [-0.39, 0.29) is 11.5 Å². The van der Waals surface area contributed by atoms with Crippen molar-refractivity contribution in [2.75, 3.05) is 6.61 Å². The van der Waals surface area contributed by atoms with E-state index in [0.717, 1.165) is 0 Å². The van der Waals surface area contributed by atoms with E-state index in [1.54, 1.807) is 31.2 Å². The predicted molar refractivity (Wildman–Crippen MR) is 102 cm³/mol. The summed E-state index contributed by atoms with van der Waals surface area (Å²) in [6.07, 6.45) is 0.235. The lowest BCUT2D eigenvalue weighted by Crippen LogP contribution is -2.37. The number of nitro benzene ring substituents is 1. The number of halogens is 1. The zero-order valence-corrected chi connectivity index (χ0v) is 15.3. The van der Waals surface area contributed by atoms with Crippen LogP contribution in [0, 0.1) is 10.1 Å². The predicted octanol–water partition coefficient (Wildman–Crippen LogP) is 3.02. The van der Waals surface area contributed by atoms with E-state index in [9.17, 15) is 25.1 Å². The van der Waals surface area contributed by atoms with Gasteiger partial charge < -0.3 is 15.5 Å². The van der Waals surface area contributed by atoms with Gasteiger partial charge >= 0.3 is 0 Å². The minimum Gasteiger partial charge on any atom is -0.394 e. The van der Waals surface area contributed by atoms with Crippen LogP contribution in [0.1, 0.15) is 28.9 Å². The molecule has 0 heterocycles. The maximum Gasteiger partial charge on any atom is 0.269 e. The first-order valence-corrected chi connectivity index (χ1v) is 8.47. The Labute approximate surface area is 161 Å². The molecular formula is C19H19ClN2O5. The summed E-state index contributed by atoms with van der Waals surface area (Å²) >= 11 is 5.80. The third-order valence-corrected chi connectivity index (χ3v) is 4.16. The minimum atomic E-state index is -1.12. The Hall–Kier alpha value is -2.74. The van der Waals surface area contributed by atoms with Gasteiger partial charge in [0.2, 0.25) is 0 Å². The van der Waals surface area contributed by atoms with Crippen LogP contribution in [0.2, 0.25) is 5.02 Å². The van der Waals surface area contributed by atoms with Crippen molar-refractivity contribution in [2.24, 2.45) is 0 Å². The molecule has 142 valence electrons. The molecule has 0 bridgehead atoms. The van der Waals surface area contributed by atoms with Gasteiger partial charge in [-0.05, 0) is 48.9 Å². The molecule has 27 heavy (non-hydrogen) atoms. The minimum absolute atomic E-state index is 0.0934. The van der Waals surface area contributed by atoms with Crippen LogP contribution in [0.25, 0.3) is 0 Å². The van der Waals surface area contributed by atoms with Crippen molar-refractivity contribution >= 4 is 23.1 Å². The number of benzene rings is 2. The molecule has 3 N–H and O–H groups in total. The van der Waals surface area contributed by atoms with Crippen LogP contribution in [-0.4, -0.2) is 33.6 Å². The van der Waals surface area contributed by atoms with Crippen molar-refractivity contribution in [2.45, 2.75) is 19.1 Å². The number of non-ortho nitro benzene ring substituents is 1. The van der Waals surface area contributed by atoms with Gasteiger partial charge in [0.15, 0.2) is 5.78 Å². The molecular weight excluding hydrogens is 372 g/mol. The number of allylic oxidation sites excluding steroid dienone is 2. The highest BCUT2D eigenvalue weighted by molar-refractivity contribution is 6.30.